The molecule has 0 radical (unpaired) electrons. The zero-order valence-electron chi connectivity index (χ0n) is 15.0. The van der Waals surface area contributed by atoms with E-state index < -0.39 is 0 Å². The molecule has 1 aromatic heterocycles. The molecule has 1 heterocycles. The molecule has 3 nitrogen and oxygen atoms in total. The van der Waals surface area contributed by atoms with Gasteiger partial charge in [0.2, 0.25) is 0 Å². The predicted molar refractivity (Wildman–Crippen MR) is 99.9 cm³/mol. The average Bonchev–Trinajstić information content (AvgIpc) is 2.94. The first-order chi connectivity index (χ1) is 11.6. The Labute approximate surface area is 144 Å². The third-order valence-corrected chi connectivity index (χ3v) is 4.54. The highest BCUT2D eigenvalue weighted by Crippen LogP contribution is 2.23. The quantitative estimate of drug-likeness (QED) is 0.580. The van der Waals surface area contributed by atoms with E-state index in [4.69, 9.17) is 9.72 Å². The largest absolute Gasteiger partial charge is 0.493 e. The third kappa shape index (κ3) is 3.30. The van der Waals surface area contributed by atoms with Crippen LogP contribution in [0.5, 0.6) is 5.75 Å². The van der Waals surface area contributed by atoms with Gasteiger partial charge in [-0.2, -0.15) is 0 Å². The van der Waals surface area contributed by atoms with Crippen LogP contribution in [0.15, 0.2) is 42.5 Å². The summed E-state index contributed by atoms with van der Waals surface area (Å²) in [7, 11) is 0. The Kier molecular flexibility index (Phi) is 4.89. The van der Waals surface area contributed by atoms with Crippen LogP contribution in [0.4, 0.5) is 0 Å². The molecule has 126 valence electrons. The standard InChI is InChI=1S/C21H26N2O/c1-15(2)21-22-18-10-5-6-11-19(18)23(21)13-8-14-24-20-12-7-9-16(3)17(20)4/h5-7,9-12,15H,8,13-14H2,1-4H3. The minimum absolute atomic E-state index is 0.414. The maximum Gasteiger partial charge on any atom is 0.122 e. The van der Waals surface area contributed by atoms with Gasteiger partial charge in [0.15, 0.2) is 0 Å². The molecule has 0 aliphatic rings. The first kappa shape index (κ1) is 16.6. The van der Waals surface area contributed by atoms with Crippen LogP contribution in [0.25, 0.3) is 11.0 Å². The topological polar surface area (TPSA) is 27.1 Å². The summed E-state index contributed by atoms with van der Waals surface area (Å²) in [5.41, 5.74) is 4.80. The van der Waals surface area contributed by atoms with E-state index in [2.05, 4.69) is 68.7 Å². The molecule has 0 saturated carbocycles. The number of rotatable bonds is 6. The number of aromatic nitrogens is 2. The Bertz CT molecular complexity index is 833. The second kappa shape index (κ2) is 7.08. The lowest BCUT2D eigenvalue weighted by Gasteiger charge is -2.13. The normalized spacial score (nSPS) is 11.4. The minimum Gasteiger partial charge on any atom is -0.493 e. The molecule has 3 heteroatoms. The molecule has 0 aliphatic carbocycles. The predicted octanol–water partition coefficient (Wildman–Crippen LogP) is 5.25. The fourth-order valence-corrected chi connectivity index (χ4v) is 3.06. The Balaban J connectivity index is 1.69. The summed E-state index contributed by atoms with van der Waals surface area (Å²) < 4.78 is 8.33. The molecule has 0 amide bonds. The zero-order chi connectivity index (χ0) is 17.1. The summed E-state index contributed by atoms with van der Waals surface area (Å²) in [6.45, 7) is 10.3. The third-order valence-electron chi connectivity index (χ3n) is 4.54. The number of imidazole rings is 1. The molecule has 24 heavy (non-hydrogen) atoms. The number of fused-ring (bicyclic) bond motifs is 1. The van der Waals surface area contributed by atoms with Gasteiger partial charge in [0.25, 0.3) is 0 Å². The van der Waals surface area contributed by atoms with Crippen LogP contribution in [-0.4, -0.2) is 16.2 Å². The Hall–Kier alpha value is -2.29. The van der Waals surface area contributed by atoms with Crippen molar-refractivity contribution in [1.29, 1.82) is 0 Å². The second-order valence-corrected chi connectivity index (χ2v) is 6.67. The van der Waals surface area contributed by atoms with Crippen LogP contribution in [0.3, 0.4) is 0 Å². The van der Waals surface area contributed by atoms with Crippen molar-refractivity contribution in [3.63, 3.8) is 0 Å². The van der Waals surface area contributed by atoms with E-state index in [-0.39, 0.29) is 0 Å². The second-order valence-electron chi connectivity index (χ2n) is 6.67. The van der Waals surface area contributed by atoms with Gasteiger partial charge >= 0.3 is 0 Å². The van der Waals surface area contributed by atoms with E-state index in [1.54, 1.807) is 0 Å². The van der Waals surface area contributed by atoms with Crippen molar-refractivity contribution in [2.75, 3.05) is 6.61 Å². The van der Waals surface area contributed by atoms with E-state index in [1.807, 2.05) is 6.07 Å². The summed E-state index contributed by atoms with van der Waals surface area (Å²) in [5.74, 6) is 2.56. The van der Waals surface area contributed by atoms with Crippen LogP contribution >= 0.6 is 0 Å². The fourth-order valence-electron chi connectivity index (χ4n) is 3.06. The van der Waals surface area contributed by atoms with Crippen LogP contribution in [0, 0.1) is 13.8 Å². The molecule has 0 fully saturated rings. The summed E-state index contributed by atoms with van der Waals surface area (Å²) in [4.78, 5) is 4.80. The van der Waals surface area contributed by atoms with Crippen LogP contribution in [0.2, 0.25) is 0 Å². The van der Waals surface area contributed by atoms with Crippen molar-refractivity contribution in [3.05, 3.63) is 59.4 Å². The molecule has 0 atom stereocenters. The summed E-state index contributed by atoms with van der Waals surface area (Å²) in [6, 6.07) is 14.6. The number of para-hydroxylation sites is 2. The maximum absolute atomic E-state index is 5.99. The first-order valence-corrected chi connectivity index (χ1v) is 8.72. The van der Waals surface area contributed by atoms with Crippen LogP contribution < -0.4 is 4.74 Å². The average molecular weight is 322 g/mol. The molecule has 0 N–H and O–H groups in total. The molecule has 0 bridgehead atoms. The number of aryl methyl sites for hydroxylation is 2. The van der Waals surface area contributed by atoms with E-state index in [9.17, 15) is 0 Å². The molecular weight excluding hydrogens is 296 g/mol. The minimum atomic E-state index is 0.414. The molecule has 3 aromatic rings. The van der Waals surface area contributed by atoms with Crippen molar-refractivity contribution in [1.82, 2.24) is 9.55 Å². The first-order valence-electron chi connectivity index (χ1n) is 8.72. The molecule has 0 unspecified atom stereocenters. The Morgan fingerprint density at radius 1 is 1.04 bits per heavy atom. The van der Waals surface area contributed by atoms with E-state index in [0.29, 0.717) is 12.5 Å². The van der Waals surface area contributed by atoms with Gasteiger partial charge in [-0.05, 0) is 49.6 Å². The molecular formula is C21H26N2O. The Morgan fingerprint density at radius 2 is 1.83 bits per heavy atom. The molecule has 0 aliphatic heterocycles. The summed E-state index contributed by atoms with van der Waals surface area (Å²) in [5, 5.41) is 0. The highest BCUT2D eigenvalue weighted by atomic mass is 16.5. The van der Waals surface area contributed by atoms with E-state index in [1.165, 1.54) is 16.6 Å². The van der Waals surface area contributed by atoms with Gasteiger partial charge in [-0.25, -0.2) is 4.98 Å². The number of hydrogen-bond acceptors (Lipinski definition) is 2. The molecule has 3 rings (SSSR count). The highest BCUT2D eigenvalue weighted by Gasteiger charge is 2.13. The van der Waals surface area contributed by atoms with E-state index in [0.717, 1.165) is 30.1 Å². The number of benzene rings is 2. The van der Waals surface area contributed by atoms with Gasteiger partial charge in [-0.15, -0.1) is 0 Å². The van der Waals surface area contributed by atoms with Crippen molar-refractivity contribution in [2.45, 2.75) is 46.6 Å². The van der Waals surface area contributed by atoms with Crippen LogP contribution in [-0.2, 0) is 6.54 Å². The molecule has 2 aromatic carbocycles. The van der Waals surface area contributed by atoms with Gasteiger partial charge in [0.1, 0.15) is 11.6 Å². The molecule has 0 saturated heterocycles. The van der Waals surface area contributed by atoms with Crippen molar-refractivity contribution >= 4 is 11.0 Å². The van der Waals surface area contributed by atoms with Crippen molar-refractivity contribution in [3.8, 4) is 5.75 Å². The van der Waals surface area contributed by atoms with Crippen molar-refractivity contribution in [2.24, 2.45) is 0 Å². The zero-order valence-corrected chi connectivity index (χ0v) is 15.0. The summed E-state index contributed by atoms with van der Waals surface area (Å²) >= 11 is 0. The van der Waals surface area contributed by atoms with Gasteiger partial charge in [0, 0.05) is 12.5 Å². The maximum atomic E-state index is 5.99. The lowest BCUT2D eigenvalue weighted by Crippen LogP contribution is -2.09. The highest BCUT2D eigenvalue weighted by molar-refractivity contribution is 5.76. The van der Waals surface area contributed by atoms with E-state index >= 15 is 0 Å². The fraction of sp³-hybridized carbons (Fsp3) is 0.381. The number of nitrogens with zero attached hydrogens (tertiary/aromatic N) is 2. The van der Waals surface area contributed by atoms with Crippen molar-refractivity contribution < 1.29 is 4.74 Å². The van der Waals surface area contributed by atoms with Gasteiger partial charge in [-0.3, -0.25) is 0 Å². The number of hydrogen-bond donors (Lipinski definition) is 0. The van der Waals surface area contributed by atoms with Crippen LogP contribution in [0.1, 0.15) is 43.1 Å². The number of ether oxygens (including phenoxy) is 1. The molecule has 0 spiro atoms. The summed E-state index contributed by atoms with van der Waals surface area (Å²) in [6.07, 6.45) is 0.966. The monoisotopic (exact) mass is 322 g/mol. The van der Waals surface area contributed by atoms with Gasteiger partial charge < -0.3 is 9.30 Å². The lowest BCUT2D eigenvalue weighted by molar-refractivity contribution is 0.299. The smallest absolute Gasteiger partial charge is 0.122 e. The van der Waals surface area contributed by atoms with Gasteiger partial charge in [-0.1, -0.05) is 38.1 Å². The Morgan fingerprint density at radius 3 is 2.62 bits per heavy atom. The van der Waals surface area contributed by atoms with Gasteiger partial charge in [0.05, 0.1) is 17.6 Å². The lowest BCUT2D eigenvalue weighted by atomic mass is 10.1. The SMILES string of the molecule is Cc1cccc(OCCCn2c(C(C)C)nc3ccccc32)c1C.